The Kier molecular flexibility index (Phi) is 4.97. The maximum atomic E-state index is 12.6. The molecule has 1 atom stereocenters. The van der Waals surface area contributed by atoms with Crippen molar-refractivity contribution >= 4 is 16.8 Å². The summed E-state index contributed by atoms with van der Waals surface area (Å²) in [6.07, 6.45) is -2.99. The Morgan fingerprint density at radius 3 is 2.50 bits per heavy atom. The third-order valence-electron chi connectivity index (χ3n) is 4.43. The average molecular weight is 393 g/mol. The zero-order valence-electron chi connectivity index (χ0n) is 15.4. The van der Waals surface area contributed by atoms with Gasteiger partial charge >= 0.3 is 6.18 Å². The van der Waals surface area contributed by atoms with Crippen molar-refractivity contribution in [1.29, 1.82) is 0 Å². The van der Waals surface area contributed by atoms with E-state index < -0.39 is 29.2 Å². The van der Waals surface area contributed by atoms with Gasteiger partial charge in [-0.2, -0.15) is 23.4 Å². The van der Waals surface area contributed by atoms with E-state index in [-0.39, 0.29) is 6.54 Å². The molecule has 3 aromatic rings. The fourth-order valence-corrected chi connectivity index (χ4v) is 3.01. The molecule has 0 saturated heterocycles. The van der Waals surface area contributed by atoms with Crippen LogP contribution < -0.4 is 10.9 Å². The number of fused-ring (bicyclic) bond motifs is 1. The second-order valence-corrected chi connectivity index (χ2v) is 6.49. The highest BCUT2D eigenvalue weighted by atomic mass is 19.4. The Bertz CT molecular complexity index is 1080. The van der Waals surface area contributed by atoms with Crippen LogP contribution in [0.15, 0.2) is 35.3 Å². The first-order chi connectivity index (χ1) is 13.1. The van der Waals surface area contributed by atoms with E-state index in [1.165, 1.54) is 23.0 Å². The largest absolute Gasteiger partial charge is 0.416 e. The Morgan fingerprint density at radius 1 is 1.25 bits per heavy atom. The lowest BCUT2D eigenvalue weighted by atomic mass is 10.1. The van der Waals surface area contributed by atoms with E-state index in [2.05, 4.69) is 15.5 Å². The molecule has 148 valence electrons. The molecule has 2 heterocycles. The molecule has 2 aromatic heterocycles. The van der Waals surface area contributed by atoms with Gasteiger partial charge in [0.2, 0.25) is 5.91 Å². The predicted molar refractivity (Wildman–Crippen MR) is 95.5 cm³/mol. The van der Waals surface area contributed by atoms with Gasteiger partial charge in [-0.05, 0) is 31.5 Å². The lowest BCUT2D eigenvalue weighted by Crippen LogP contribution is -2.35. The van der Waals surface area contributed by atoms with E-state index in [1.54, 1.807) is 20.9 Å². The first-order valence-corrected chi connectivity index (χ1v) is 8.44. The van der Waals surface area contributed by atoms with Crippen LogP contribution in [-0.4, -0.2) is 25.5 Å². The first kappa shape index (κ1) is 19.6. The van der Waals surface area contributed by atoms with Gasteiger partial charge in [0.25, 0.3) is 5.56 Å². The number of aryl methyl sites for hydroxylation is 2. The third kappa shape index (κ3) is 3.75. The number of amides is 1. The van der Waals surface area contributed by atoms with E-state index >= 15 is 0 Å². The molecule has 1 amide bonds. The fraction of sp³-hybridized carbons (Fsp3) is 0.333. The zero-order valence-corrected chi connectivity index (χ0v) is 15.4. The summed E-state index contributed by atoms with van der Waals surface area (Å²) in [5.74, 6) is -0.482. The molecular formula is C18H18F3N5O2. The fourth-order valence-electron chi connectivity index (χ4n) is 3.01. The smallest absolute Gasteiger partial charge is 0.348 e. The predicted octanol–water partition coefficient (Wildman–Crippen LogP) is 2.33. The molecule has 1 N–H and O–H groups in total. The van der Waals surface area contributed by atoms with Crippen molar-refractivity contribution in [1.82, 2.24) is 24.9 Å². The van der Waals surface area contributed by atoms with Crippen molar-refractivity contribution in [3.8, 4) is 0 Å². The highest BCUT2D eigenvalue weighted by Crippen LogP contribution is 2.29. The molecular weight excluding hydrogens is 375 g/mol. The third-order valence-corrected chi connectivity index (χ3v) is 4.43. The van der Waals surface area contributed by atoms with Gasteiger partial charge in [0.05, 0.1) is 34.4 Å². The number of nitrogens with one attached hydrogen (secondary N) is 1. The number of halogens is 3. The molecule has 0 aliphatic heterocycles. The molecule has 0 radical (unpaired) electrons. The lowest BCUT2D eigenvalue weighted by Gasteiger charge is -2.16. The lowest BCUT2D eigenvalue weighted by molar-refractivity contribution is -0.137. The topological polar surface area (TPSA) is 81.8 Å². The number of hydrogen-bond donors (Lipinski definition) is 1. The van der Waals surface area contributed by atoms with E-state index in [4.69, 9.17) is 0 Å². The summed E-state index contributed by atoms with van der Waals surface area (Å²) in [5.41, 5.74) is 0.468. The van der Waals surface area contributed by atoms with Gasteiger partial charge in [-0.3, -0.25) is 14.3 Å². The molecule has 0 fully saturated rings. The highest BCUT2D eigenvalue weighted by molar-refractivity contribution is 5.80. The van der Waals surface area contributed by atoms with Crippen LogP contribution in [0.3, 0.4) is 0 Å². The number of rotatable bonds is 4. The summed E-state index contributed by atoms with van der Waals surface area (Å²) in [6.45, 7) is 3.05. The summed E-state index contributed by atoms with van der Waals surface area (Å²) >= 11 is 0. The Balaban J connectivity index is 1.74. The van der Waals surface area contributed by atoms with E-state index in [9.17, 15) is 22.8 Å². The minimum Gasteiger partial charge on any atom is -0.348 e. The molecule has 0 saturated carbocycles. The Hall–Kier alpha value is -3.17. The van der Waals surface area contributed by atoms with Crippen molar-refractivity contribution in [3.05, 3.63) is 57.6 Å². The average Bonchev–Trinajstić information content (AvgIpc) is 3.01. The number of carbonyl (C=O) groups is 1. The second kappa shape index (κ2) is 7.10. The van der Waals surface area contributed by atoms with Crippen LogP contribution in [0, 0.1) is 6.92 Å². The van der Waals surface area contributed by atoms with Gasteiger partial charge in [0, 0.05) is 7.05 Å². The summed E-state index contributed by atoms with van der Waals surface area (Å²) in [6, 6.07) is 4.01. The van der Waals surface area contributed by atoms with Crippen LogP contribution in [0.1, 0.15) is 29.8 Å². The number of carbonyl (C=O) groups excluding carboxylic acids is 1. The van der Waals surface area contributed by atoms with Gasteiger partial charge < -0.3 is 5.32 Å². The summed E-state index contributed by atoms with van der Waals surface area (Å²) in [5, 5.41) is 11.2. The molecule has 10 heteroatoms. The molecule has 3 rings (SSSR count). The first-order valence-electron chi connectivity index (χ1n) is 8.44. The minimum absolute atomic E-state index is 0.310. The van der Waals surface area contributed by atoms with Crippen molar-refractivity contribution in [2.45, 2.75) is 32.6 Å². The zero-order chi connectivity index (χ0) is 20.6. The maximum Gasteiger partial charge on any atom is 0.416 e. The minimum atomic E-state index is -4.42. The van der Waals surface area contributed by atoms with Crippen molar-refractivity contribution in [2.24, 2.45) is 7.05 Å². The van der Waals surface area contributed by atoms with E-state index in [0.717, 1.165) is 16.8 Å². The Morgan fingerprint density at radius 2 is 1.89 bits per heavy atom. The quantitative estimate of drug-likeness (QED) is 0.738. The monoisotopic (exact) mass is 393 g/mol. The number of benzene rings is 1. The molecule has 28 heavy (non-hydrogen) atoms. The summed E-state index contributed by atoms with van der Waals surface area (Å²) in [7, 11) is 1.69. The maximum absolute atomic E-state index is 12.6. The SMILES string of the molecule is Cc1nn(CC(=O)NC(C)c2ccc(C(F)(F)F)cc2)c(=O)c2cnn(C)c12. The molecule has 0 spiro atoms. The number of aromatic nitrogens is 4. The molecule has 0 bridgehead atoms. The summed E-state index contributed by atoms with van der Waals surface area (Å²) in [4.78, 5) is 24.8. The molecule has 1 aromatic carbocycles. The molecule has 7 nitrogen and oxygen atoms in total. The van der Waals surface area contributed by atoms with E-state index in [0.29, 0.717) is 22.2 Å². The number of nitrogens with zero attached hydrogens (tertiary/aromatic N) is 4. The standard InChI is InChI=1S/C18H18F3N5O2/c1-10(12-4-6-13(7-5-12)18(19,20)21)23-15(27)9-26-17(28)14-8-22-25(3)16(14)11(2)24-26/h4-8,10H,9H2,1-3H3,(H,23,27). The Labute approximate surface area is 157 Å². The van der Waals surface area contributed by atoms with Gasteiger partial charge in [0.15, 0.2) is 0 Å². The second-order valence-electron chi connectivity index (χ2n) is 6.49. The van der Waals surface area contributed by atoms with Crippen molar-refractivity contribution in [2.75, 3.05) is 0 Å². The normalized spacial score (nSPS) is 12.9. The van der Waals surface area contributed by atoms with Gasteiger partial charge in [-0.15, -0.1) is 0 Å². The van der Waals surface area contributed by atoms with Crippen molar-refractivity contribution < 1.29 is 18.0 Å². The highest BCUT2D eigenvalue weighted by Gasteiger charge is 2.30. The summed E-state index contributed by atoms with van der Waals surface area (Å²) < 4.78 is 40.5. The van der Waals surface area contributed by atoms with Crippen LogP contribution in [0.4, 0.5) is 13.2 Å². The molecule has 1 unspecified atom stereocenters. The van der Waals surface area contributed by atoms with Crippen LogP contribution in [0.2, 0.25) is 0 Å². The van der Waals surface area contributed by atoms with Gasteiger partial charge in [0.1, 0.15) is 6.54 Å². The molecule has 0 aliphatic carbocycles. The van der Waals surface area contributed by atoms with Crippen LogP contribution >= 0.6 is 0 Å². The number of alkyl halides is 3. The van der Waals surface area contributed by atoms with E-state index in [1.807, 2.05) is 0 Å². The van der Waals surface area contributed by atoms with Gasteiger partial charge in [-0.25, -0.2) is 4.68 Å². The van der Waals surface area contributed by atoms with Crippen LogP contribution in [0.5, 0.6) is 0 Å². The van der Waals surface area contributed by atoms with Gasteiger partial charge in [-0.1, -0.05) is 12.1 Å². The van der Waals surface area contributed by atoms with Crippen LogP contribution in [-0.2, 0) is 24.6 Å². The van der Waals surface area contributed by atoms with Crippen LogP contribution in [0.25, 0.3) is 10.9 Å². The number of hydrogen-bond acceptors (Lipinski definition) is 4. The molecule has 0 aliphatic rings. The van der Waals surface area contributed by atoms with Crippen molar-refractivity contribution in [3.63, 3.8) is 0 Å².